The lowest BCUT2D eigenvalue weighted by Gasteiger charge is -2.40. The van der Waals surface area contributed by atoms with Crippen molar-refractivity contribution in [3.63, 3.8) is 0 Å². The first-order valence-electron chi connectivity index (χ1n) is 9.04. The van der Waals surface area contributed by atoms with Gasteiger partial charge in [-0.05, 0) is 37.8 Å². The summed E-state index contributed by atoms with van der Waals surface area (Å²) >= 11 is 0. The first-order chi connectivity index (χ1) is 11.3. The monoisotopic (exact) mass is 315 g/mol. The van der Waals surface area contributed by atoms with E-state index in [2.05, 4.69) is 39.8 Å². The van der Waals surface area contributed by atoms with Gasteiger partial charge in [-0.2, -0.15) is 0 Å². The number of carbonyl (C=O) groups excluding carboxylic acids is 1. The van der Waals surface area contributed by atoms with Gasteiger partial charge in [-0.3, -0.25) is 4.79 Å². The van der Waals surface area contributed by atoms with Crippen LogP contribution in [0.3, 0.4) is 0 Å². The van der Waals surface area contributed by atoms with Crippen molar-refractivity contribution in [3.8, 4) is 0 Å². The molecule has 1 amide bonds. The molecule has 23 heavy (non-hydrogen) atoms. The number of hydrogen-bond acceptors (Lipinski definition) is 3. The van der Waals surface area contributed by atoms with Crippen LogP contribution < -0.4 is 10.6 Å². The van der Waals surface area contributed by atoms with E-state index in [1.807, 2.05) is 6.07 Å². The molecule has 0 unspecified atom stereocenters. The maximum atomic E-state index is 12.7. The molecule has 4 heteroatoms. The Balaban J connectivity index is 1.42. The van der Waals surface area contributed by atoms with Gasteiger partial charge < -0.3 is 15.5 Å². The van der Waals surface area contributed by atoms with Crippen molar-refractivity contribution in [3.05, 3.63) is 35.9 Å². The summed E-state index contributed by atoms with van der Waals surface area (Å²) in [6, 6.07) is 10.4. The fraction of sp³-hybridized carbons (Fsp3) is 0.632. The lowest BCUT2D eigenvalue weighted by molar-refractivity contribution is -0.135. The van der Waals surface area contributed by atoms with E-state index in [1.54, 1.807) is 0 Å². The van der Waals surface area contributed by atoms with Crippen molar-refractivity contribution >= 4 is 5.91 Å². The van der Waals surface area contributed by atoms with Crippen molar-refractivity contribution in [1.29, 1.82) is 0 Å². The standard InChI is InChI=1S/C19H29N3O/c23-18(21-10-5-13-22-14-11-20-12-15-22)19(8-4-9-19)16-17-6-2-1-3-7-17/h1-3,6-7,20H,4-5,8-16H2,(H,21,23). The van der Waals surface area contributed by atoms with Gasteiger partial charge in [0.15, 0.2) is 0 Å². The highest BCUT2D eigenvalue weighted by molar-refractivity contribution is 5.83. The molecule has 0 aromatic heterocycles. The number of nitrogens with zero attached hydrogens (tertiary/aromatic N) is 1. The second-order valence-corrected chi connectivity index (χ2v) is 7.00. The smallest absolute Gasteiger partial charge is 0.226 e. The van der Waals surface area contributed by atoms with Gasteiger partial charge in [0.2, 0.25) is 5.91 Å². The molecule has 1 aliphatic carbocycles. The molecule has 0 atom stereocenters. The Kier molecular flexibility index (Phi) is 5.68. The predicted octanol–water partition coefficient (Wildman–Crippen LogP) is 1.81. The van der Waals surface area contributed by atoms with Gasteiger partial charge in [-0.15, -0.1) is 0 Å². The zero-order valence-electron chi connectivity index (χ0n) is 14.0. The number of benzene rings is 1. The van der Waals surface area contributed by atoms with Crippen LogP contribution in [0.25, 0.3) is 0 Å². The molecule has 1 aromatic carbocycles. The molecule has 0 radical (unpaired) electrons. The van der Waals surface area contributed by atoms with Crippen molar-refractivity contribution in [1.82, 2.24) is 15.5 Å². The number of rotatable bonds is 7. The number of piperazine rings is 1. The van der Waals surface area contributed by atoms with Crippen LogP contribution in [-0.4, -0.2) is 50.1 Å². The largest absolute Gasteiger partial charge is 0.356 e. The Hall–Kier alpha value is -1.39. The summed E-state index contributed by atoms with van der Waals surface area (Å²) in [4.78, 5) is 15.1. The molecule has 1 saturated carbocycles. The molecule has 126 valence electrons. The maximum absolute atomic E-state index is 12.7. The summed E-state index contributed by atoms with van der Waals surface area (Å²) in [7, 11) is 0. The Bertz CT molecular complexity index is 493. The molecule has 3 rings (SSSR count). The second-order valence-electron chi connectivity index (χ2n) is 7.00. The van der Waals surface area contributed by atoms with Gasteiger partial charge in [0.1, 0.15) is 0 Å². The summed E-state index contributed by atoms with van der Waals surface area (Å²) in [5, 5.41) is 6.57. The minimum absolute atomic E-state index is 0.142. The number of nitrogens with one attached hydrogen (secondary N) is 2. The number of amides is 1. The van der Waals surface area contributed by atoms with E-state index in [0.717, 1.165) is 65.0 Å². The van der Waals surface area contributed by atoms with Gasteiger partial charge in [-0.1, -0.05) is 36.8 Å². The molecule has 0 bridgehead atoms. The lowest BCUT2D eigenvalue weighted by Crippen LogP contribution is -2.48. The van der Waals surface area contributed by atoms with Gasteiger partial charge >= 0.3 is 0 Å². The van der Waals surface area contributed by atoms with Gasteiger partial charge in [0.05, 0.1) is 5.41 Å². The van der Waals surface area contributed by atoms with Crippen molar-refractivity contribution in [2.75, 3.05) is 39.3 Å². The summed E-state index contributed by atoms with van der Waals surface area (Å²) < 4.78 is 0. The molecule has 0 spiro atoms. The van der Waals surface area contributed by atoms with Crippen LogP contribution in [0.2, 0.25) is 0 Å². The summed E-state index contributed by atoms with van der Waals surface area (Å²) in [5.74, 6) is 0.271. The summed E-state index contributed by atoms with van der Waals surface area (Å²) in [6.07, 6.45) is 5.18. The van der Waals surface area contributed by atoms with Crippen LogP contribution in [0.4, 0.5) is 0 Å². The quantitative estimate of drug-likeness (QED) is 0.754. The summed E-state index contributed by atoms with van der Waals surface area (Å²) in [6.45, 7) is 6.34. The third kappa shape index (κ3) is 4.33. The minimum Gasteiger partial charge on any atom is -0.356 e. The van der Waals surface area contributed by atoms with E-state index < -0.39 is 0 Å². The highest BCUT2D eigenvalue weighted by Gasteiger charge is 2.43. The molecule has 2 aliphatic rings. The molecular formula is C19H29N3O. The number of hydrogen-bond donors (Lipinski definition) is 2. The minimum atomic E-state index is -0.142. The molecular weight excluding hydrogens is 286 g/mol. The van der Waals surface area contributed by atoms with Crippen LogP contribution in [-0.2, 0) is 11.2 Å². The Morgan fingerprint density at radius 2 is 1.91 bits per heavy atom. The second kappa shape index (κ2) is 7.93. The molecule has 1 aromatic rings. The van der Waals surface area contributed by atoms with E-state index in [1.165, 1.54) is 12.0 Å². The third-order valence-corrected chi connectivity index (χ3v) is 5.32. The van der Waals surface area contributed by atoms with E-state index in [-0.39, 0.29) is 11.3 Å². The maximum Gasteiger partial charge on any atom is 0.226 e. The van der Waals surface area contributed by atoms with Gasteiger partial charge in [0, 0.05) is 32.7 Å². The molecule has 4 nitrogen and oxygen atoms in total. The zero-order chi connectivity index (χ0) is 16.0. The van der Waals surface area contributed by atoms with E-state index in [4.69, 9.17) is 0 Å². The topological polar surface area (TPSA) is 44.4 Å². The van der Waals surface area contributed by atoms with Crippen molar-refractivity contribution in [2.45, 2.75) is 32.1 Å². The van der Waals surface area contributed by atoms with E-state index in [9.17, 15) is 4.79 Å². The highest BCUT2D eigenvalue weighted by Crippen LogP contribution is 2.43. The zero-order valence-corrected chi connectivity index (χ0v) is 14.0. The van der Waals surface area contributed by atoms with E-state index >= 15 is 0 Å². The summed E-state index contributed by atoms with van der Waals surface area (Å²) in [5.41, 5.74) is 1.14. The first-order valence-corrected chi connectivity index (χ1v) is 9.04. The van der Waals surface area contributed by atoms with Gasteiger partial charge in [0.25, 0.3) is 0 Å². The SMILES string of the molecule is O=C(NCCCN1CCNCC1)C1(Cc2ccccc2)CCC1. The number of carbonyl (C=O) groups is 1. The molecule has 2 fully saturated rings. The average molecular weight is 315 g/mol. The normalized spacial score (nSPS) is 20.7. The Labute approximate surface area is 139 Å². The molecule has 2 N–H and O–H groups in total. The van der Waals surface area contributed by atoms with Crippen LogP contribution in [0.1, 0.15) is 31.2 Å². The van der Waals surface area contributed by atoms with Crippen molar-refractivity contribution < 1.29 is 4.79 Å². The lowest BCUT2D eigenvalue weighted by atomic mass is 9.64. The Morgan fingerprint density at radius 1 is 1.17 bits per heavy atom. The first kappa shape index (κ1) is 16.5. The third-order valence-electron chi connectivity index (χ3n) is 5.32. The van der Waals surface area contributed by atoms with Crippen LogP contribution in [0, 0.1) is 5.41 Å². The van der Waals surface area contributed by atoms with Crippen molar-refractivity contribution in [2.24, 2.45) is 5.41 Å². The molecule has 1 heterocycles. The Morgan fingerprint density at radius 3 is 2.57 bits per heavy atom. The van der Waals surface area contributed by atoms with E-state index in [0.29, 0.717) is 0 Å². The predicted molar refractivity (Wildman–Crippen MR) is 93.4 cm³/mol. The average Bonchev–Trinajstić information content (AvgIpc) is 2.57. The fourth-order valence-corrected chi connectivity index (χ4v) is 3.70. The van der Waals surface area contributed by atoms with Crippen LogP contribution >= 0.6 is 0 Å². The van der Waals surface area contributed by atoms with Crippen LogP contribution in [0.15, 0.2) is 30.3 Å². The fourth-order valence-electron chi connectivity index (χ4n) is 3.70. The van der Waals surface area contributed by atoms with Gasteiger partial charge in [-0.25, -0.2) is 0 Å². The molecule has 1 saturated heterocycles. The van der Waals surface area contributed by atoms with Crippen LogP contribution in [0.5, 0.6) is 0 Å². The highest BCUT2D eigenvalue weighted by atomic mass is 16.2. The molecule has 1 aliphatic heterocycles.